The average molecular weight is 352 g/mol. The summed E-state index contributed by atoms with van der Waals surface area (Å²) in [5.74, 6) is -0.182. The van der Waals surface area contributed by atoms with Crippen molar-refractivity contribution in [3.63, 3.8) is 0 Å². The SMILES string of the molecule is C/C(=N\NC(=O)CNc1ccccc1)c1ccc(N2CCOCC2)cc1. The van der Waals surface area contributed by atoms with E-state index in [1.807, 2.05) is 49.4 Å². The number of hydrogen-bond acceptors (Lipinski definition) is 5. The second-order valence-electron chi connectivity index (χ2n) is 6.10. The average Bonchev–Trinajstić information content (AvgIpc) is 2.72. The Labute approximate surface area is 153 Å². The fourth-order valence-electron chi connectivity index (χ4n) is 2.72. The van der Waals surface area contributed by atoms with Crippen LogP contribution < -0.4 is 15.6 Å². The van der Waals surface area contributed by atoms with Crippen LogP contribution in [0.2, 0.25) is 0 Å². The van der Waals surface area contributed by atoms with Gasteiger partial charge in [-0.1, -0.05) is 30.3 Å². The molecule has 0 spiro atoms. The number of rotatable bonds is 6. The maximum Gasteiger partial charge on any atom is 0.259 e. The fourth-order valence-corrected chi connectivity index (χ4v) is 2.72. The van der Waals surface area contributed by atoms with E-state index in [1.165, 1.54) is 5.69 Å². The van der Waals surface area contributed by atoms with E-state index < -0.39 is 0 Å². The van der Waals surface area contributed by atoms with Crippen LogP contribution >= 0.6 is 0 Å². The number of ether oxygens (including phenoxy) is 1. The quantitative estimate of drug-likeness (QED) is 0.619. The third-order valence-electron chi connectivity index (χ3n) is 4.24. The highest BCUT2D eigenvalue weighted by Gasteiger charge is 2.11. The number of morpholine rings is 1. The van der Waals surface area contributed by atoms with Crippen LogP contribution in [0.25, 0.3) is 0 Å². The van der Waals surface area contributed by atoms with E-state index in [1.54, 1.807) is 0 Å². The van der Waals surface area contributed by atoms with Crippen molar-refractivity contribution in [1.29, 1.82) is 0 Å². The minimum absolute atomic E-state index is 0.177. The molecule has 6 heteroatoms. The third-order valence-corrected chi connectivity index (χ3v) is 4.24. The Morgan fingerprint density at radius 1 is 1.08 bits per heavy atom. The zero-order valence-electron chi connectivity index (χ0n) is 14.9. The molecule has 2 N–H and O–H groups in total. The molecule has 0 atom stereocenters. The summed E-state index contributed by atoms with van der Waals surface area (Å²) in [5, 5.41) is 7.25. The minimum atomic E-state index is -0.182. The molecule has 2 aromatic carbocycles. The molecule has 26 heavy (non-hydrogen) atoms. The zero-order valence-corrected chi connectivity index (χ0v) is 14.9. The van der Waals surface area contributed by atoms with Gasteiger partial charge in [0.2, 0.25) is 0 Å². The van der Waals surface area contributed by atoms with Crippen molar-refractivity contribution in [2.24, 2.45) is 5.10 Å². The van der Waals surface area contributed by atoms with Gasteiger partial charge in [-0.05, 0) is 36.8 Å². The molecule has 1 saturated heterocycles. The first-order chi connectivity index (χ1) is 12.7. The smallest absolute Gasteiger partial charge is 0.259 e. The largest absolute Gasteiger partial charge is 0.378 e. The summed E-state index contributed by atoms with van der Waals surface area (Å²) < 4.78 is 5.38. The Kier molecular flexibility index (Phi) is 6.22. The Bertz CT molecular complexity index is 738. The van der Waals surface area contributed by atoms with Gasteiger partial charge in [-0.25, -0.2) is 5.43 Å². The summed E-state index contributed by atoms with van der Waals surface area (Å²) in [7, 11) is 0. The molecule has 0 bridgehead atoms. The third kappa shape index (κ3) is 5.07. The summed E-state index contributed by atoms with van der Waals surface area (Å²) in [5.41, 5.74) is 6.43. The highest BCUT2D eigenvalue weighted by atomic mass is 16.5. The summed E-state index contributed by atoms with van der Waals surface area (Å²) in [6, 6.07) is 17.8. The predicted molar refractivity (Wildman–Crippen MR) is 105 cm³/mol. The maximum atomic E-state index is 11.9. The van der Waals surface area contributed by atoms with Gasteiger partial charge in [-0.2, -0.15) is 5.10 Å². The Hall–Kier alpha value is -2.86. The number of para-hydroxylation sites is 1. The molecule has 1 heterocycles. The topological polar surface area (TPSA) is 66.0 Å². The number of amides is 1. The summed E-state index contributed by atoms with van der Waals surface area (Å²) in [4.78, 5) is 14.2. The lowest BCUT2D eigenvalue weighted by Crippen LogP contribution is -2.36. The minimum Gasteiger partial charge on any atom is -0.378 e. The maximum absolute atomic E-state index is 11.9. The van der Waals surface area contributed by atoms with Gasteiger partial charge in [0.1, 0.15) is 0 Å². The number of hydrazone groups is 1. The molecule has 2 aromatic rings. The van der Waals surface area contributed by atoms with E-state index in [0.717, 1.165) is 43.3 Å². The number of benzene rings is 2. The van der Waals surface area contributed by atoms with Crippen LogP contribution in [0, 0.1) is 0 Å². The first kappa shape index (κ1) is 17.9. The molecular weight excluding hydrogens is 328 g/mol. The molecule has 0 saturated carbocycles. The highest BCUT2D eigenvalue weighted by Crippen LogP contribution is 2.17. The van der Waals surface area contributed by atoms with Crippen LogP contribution in [0.1, 0.15) is 12.5 Å². The van der Waals surface area contributed by atoms with Crippen LogP contribution in [-0.2, 0) is 9.53 Å². The number of nitrogens with zero attached hydrogens (tertiary/aromatic N) is 2. The molecule has 136 valence electrons. The summed E-state index contributed by atoms with van der Waals surface area (Å²) in [6.07, 6.45) is 0. The standard InChI is InChI=1S/C20H24N4O2/c1-16(22-23-20(25)15-21-18-5-3-2-4-6-18)17-7-9-19(10-8-17)24-11-13-26-14-12-24/h2-10,21H,11-15H2,1H3,(H,23,25)/b22-16+. The van der Waals surface area contributed by atoms with Gasteiger partial charge >= 0.3 is 0 Å². The van der Waals surface area contributed by atoms with Gasteiger partial charge in [0.05, 0.1) is 25.5 Å². The molecule has 0 aliphatic carbocycles. The van der Waals surface area contributed by atoms with Crippen molar-refractivity contribution < 1.29 is 9.53 Å². The van der Waals surface area contributed by atoms with Crippen LogP contribution in [0.15, 0.2) is 59.7 Å². The first-order valence-electron chi connectivity index (χ1n) is 8.77. The second kappa shape index (κ2) is 9.01. The molecule has 1 aliphatic heterocycles. The number of carbonyl (C=O) groups excluding carboxylic acids is 1. The van der Waals surface area contributed by atoms with Crippen LogP contribution in [0.3, 0.4) is 0 Å². The predicted octanol–water partition coefficient (Wildman–Crippen LogP) is 2.48. The number of hydrogen-bond donors (Lipinski definition) is 2. The van der Waals surface area contributed by atoms with Crippen LogP contribution in [0.5, 0.6) is 0 Å². The molecular formula is C20H24N4O2. The van der Waals surface area contributed by atoms with E-state index >= 15 is 0 Å². The Morgan fingerprint density at radius 3 is 2.46 bits per heavy atom. The van der Waals surface area contributed by atoms with E-state index in [4.69, 9.17) is 4.74 Å². The molecule has 1 fully saturated rings. The molecule has 0 radical (unpaired) electrons. The van der Waals surface area contributed by atoms with Gasteiger partial charge in [0, 0.05) is 24.5 Å². The number of carbonyl (C=O) groups is 1. The van der Waals surface area contributed by atoms with Crippen molar-refractivity contribution in [3.05, 3.63) is 60.2 Å². The van der Waals surface area contributed by atoms with Crippen LogP contribution in [0.4, 0.5) is 11.4 Å². The highest BCUT2D eigenvalue weighted by molar-refractivity contribution is 5.99. The molecule has 1 aliphatic rings. The molecule has 6 nitrogen and oxygen atoms in total. The normalized spacial score (nSPS) is 14.8. The lowest BCUT2D eigenvalue weighted by atomic mass is 10.1. The van der Waals surface area contributed by atoms with Gasteiger partial charge < -0.3 is 15.0 Å². The van der Waals surface area contributed by atoms with Gasteiger partial charge in [-0.3, -0.25) is 4.79 Å². The lowest BCUT2D eigenvalue weighted by Gasteiger charge is -2.28. The fraction of sp³-hybridized carbons (Fsp3) is 0.300. The molecule has 3 rings (SSSR count). The summed E-state index contributed by atoms with van der Waals surface area (Å²) >= 11 is 0. The molecule has 0 aromatic heterocycles. The summed E-state index contributed by atoms with van der Waals surface area (Å²) in [6.45, 7) is 5.43. The monoisotopic (exact) mass is 352 g/mol. The van der Waals surface area contributed by atoms with Crippen molar-refractivity contribution in [3.8, 4) is 0 Å². The van der Waals surface area contributed by atoms with Crippen molar-refractivity contribution in [2.75, 3.05) is 43.1 Å². The van der Waals surface area contributed by atoms with Crippen molar-refractivity contribution in [2.45, 2.75) is 6.92 Å². The van der Waals surface area contributed by atoms with E-state index in [0.29, 0.717) is 0 Å². The van der Waals surface area contributed by atoms with Gasteiger partial charge in [0.15, 0.2) is 0 Å². The Morgan fingerprint density at radius 2 is 1.77 bits per heavy atom. The van der Waals surface area contributed by atoms with E-state index in [2.05, 4.69) is 32.9 Å². The number of anilines is 2. The number of nitrogens with one attached hydrogen (secondary N) is 2. The van der Waals surface area contributed by atoms with E-state index in [9.17, 15) is 4.79 Å². The zero-order chi connectivity index (χ0) is 18.2. The van der Waals surface area contributed by atoms with Crippen LogP contribution in [-0.4, -0.2) is 44.5 Å². The Balaban J connectivity index is 1.51. The molecule has 1 amide bonds. The molecule has 0 unspecified atom stereocenters. The second-order valence-corrected chi connectivity index (χ2v) is 6.10. The van der Waals surface area contributed by atoms with Crippen molar-refractivity contribution >= 4 is 23.0 Å². The van der Waals surface area contributed by atoms with E-state index in [-0.39, 0.29) is 12.5 Å². The lowest BCUT2D eigenvalue weighted by molar-refractivity contribution is -0.119. The van der Waals surface area contributed by atoms with Gasteiger partial charge in [-0.15, -0.1) is 0 Å². The van der Waals surface area contributed by atoms with Gasteiger partial charge in [0.25, 0.3) is 5.91 Å². The van der Waals surface area contributed by atoms with Crippen molar-refractivity contribution in [1.82, 2.24) is 5.43 Å². The first-order valence-corrected chi connectivity index (χ1v) is 8.77.